The van der Waals surface area contributed by atoms with Crippen LogP contribution >= 0.6 is 11.3 Å². The molecule has 1 aromatic heterocycles. The third kappa shape index (κ3) is 8.11. The highest BCUT2D eigenvalue weighted by atomic mass is 32.1. The van der Waals surface area contributed by atoms with Gasteiger partial charge in [-0.15, -0.1) is 11.3 Å². The Bertz CT molecular complexity index is 1730. The second-order valence-corrected chi connectivity index (χ2v) is 18.1. The first kappa shape index (κ1) is 39.5. The van der Waals surface area contributed by atoms with Crippen LogP contribution in [-0.4, -0.2) is 77.2 Å². The van der Waals surface area contributed by atoms with E-state index in [1.165, 1.54) is 21.0 Å². The molecule has 2 aromatic rings. The third-order valence-corrected chi connectivity index (χ3v) is 10.9. The van der Waals surface area contributed by atoms with Gasteiger partial charge >= 0.3 is 19.1 Å². The molecule has 4 unspecified atom stereocenters. The van der Waals surface area contributed by atoms with Gasteiger partial charge in [0.15, 0.2) is 10.8 Å². The van der Waals surface area contributed by atoms with Crippen LogP contribution < -0.4 is 15.8 Å². The molecule has 2 heterocycles. The number of hydrogen-bond donors (Lipinski definition) is 2. The number of esters is 2. The van der Waals surface area contributed by atoms with Gasteiger partial charge in [0.05, 0.1) is 24.8 Å². The maximum atomic E-state index is 14.4. The fourth-order valence-electron chi connectivity index (χ4n) is 7.44. The highest BCUT2D eigenvalue weighted by Crippen LogP contribution is 2.65. The number of nitrogens with zero attached hydrogens (tertiary/aromatic N) is 2. The van der Waals surface area contributed by atoms with Gasteiger partial charge in [-0.2, -0.15) is 0 Å². The van der Waals surface area contributed by atoms with Gasteiger partial charge in [0.2, 0.25) is 5.60 Å². The molecular formula is C37H53BN4O9S. The van der Waals surface area contributed by atoms with Crippen molar-refractivity contribution in [3.8, 4) is 5.75 Å². The van der Waals surface area contributed by atoms with E-state index in [0.717, 1.165) is 24.2 Å². The fourth-order valence-corrected chi connectivity index (χ4v) is 7.99. The van der Waals surface area contributed by atoms with Crippen LogP contribution in [0.5, 0.6) is 5.75 Å². The number of para-hydroxylation sites is 1. The van der Waals surface area contributed by atoms with Gasteiger partial charge in [-0.1, -0.05) is 31.1 Å². The number of hydrogen-bond acceptors (Lipinski definition) is 13. The number of oxime groups is 1. The van der Waals surface area contributed by atoms with Crippen LogP contribution in [0.2, 0.25) is 0 Å². The maximum absolute atomic E-state index is 14.4. The molecule has 3 N–H and O–H groups in total. The smallest absolute Gasteiger partial charge is 0.482 e. The Morgan fingerprint density at radius 3 is 2.33 bits per heavy atom. The van der Waals surface area contributed by atoms with E-state index in [9.17, 15) is 14.4 Å². The molecule has 3 aliphatic carbocycles. The van der Waals surface area contributed by atoms with Crippen LogP contribution in [0.25, 0.3) is 0 Å². The Hall–Kier alpha value is -3.69. The SMILES string of the molecule is COc1c(C[C@H](NC(=O)/C(=N\OC(C)(C)C(=O)OC(C)(C)C)c2csc(N)n2)B2OC3CC4CC(C4(C)C)C3(C)O2)cccc1C(=O)OC(C)(C)C. The normalized spacial score (nSPS) is 24.7. The molecule has 4 fully saturated rings. The minimum atomic E-state index is -1.55. The number of carbonyl (C=O) groups excluding carboxylic acids is 3. The largest absolute Gasteiger partial charge is 0.496 e. The van der Waals surface area contributed by atoms with Crippen molar-refractivity contribution in [2.75, 3.05) is 12.8 Å². The Balaban J connectivity index is 1.50. The molecule has 1 saturated heterocycles. The molecule has 4 aliphatic rings. The first-order valence-electron chi connectivity index (χ1n) is 17.7. The van der Waals surface area contributed by atoms with Crippen LogP contribution in [0, 0.1) is 17.3 Å². The predicted molar refractivity (Wildman–Crippen MR) is 198 cm³/mol. The highest BCUT2D eigenvalue weighted by molar-refractivity contribution is 7.13. The van der Waals surface area contributed by atoms with Crippen LogP contribution in [0.3, 0.4) is 0 Å². The van der Waals surface area contributed by atoms with Crippen LogP contribution in [0.15, 0.2) is 28.7 Å². The van der Waals surface area contributed by atoms with Crippen molar-refractivity contribution >= 4 is 47.1 Å². The van der Waals surface area contributed by atoms with E-state index in [4.69, 9.17) is 34.1 Å². The van der Waals surface area contributed by atoms with Crippen molar-refractivity contribution in [1.29, 1.82) is 0 Å². The standard InChI is InChI=1S/C37H53BN4O9S/c1-33(2,3)47-30(44)22-15-13-14-20(28(22)46-12)16-26(38-49-25-18-21-17-24(35(21,7)8)37(25,11)50-38)41-29(43)27(23-19-52-32(39)40-23)42-51-36(9,10)31(45)48-34(4,5)6/h13-15,19,21,24-26H,16-18H2,1-12H3,(H2,39,40)(H,41,43)/b42-27-/t21?,24?,25?,26-,37?/m0/s1. The summed E-state index contributed by atoms with van der Waals surface area (Å²) in [5, 5.41) is 9.03. The number of benzene rings is 1. The fraction of sp³-hybridized carbons (Fsp3) is 0.649. The van der Waals surface area contributed by atoms with Crippen LogP contribution in [0.4, 0.5) is 5.13 Å². The van der Waals surface area contributed by atoms with E-state index in [1.54, 1.807) is 59.1 Å². The highest BCUT2D eigenvalue weighted by Gasteiger charge is 2.68. The van der Waals surface area contributed by atoms with Crippen LogP contribution in [-0.2, 0) is 39.6 Å². The van der Waals surface area contributed by atoms with Crippen molar-refractivity contribution in [3.05, 3.63) is 40.4 Å². The number of amides is 1. The third-order valence-electron chi connectivity index (χ3n) is 10.2. The number of carbonyl (C=O) groups is 3. The molecule has 0 spiro atoms. The Labute approximate surface area is 310 Å². The number of anilines is 1. The van der Waals surface area contributed by atoms with E-state index in [1.807, 2.05) is 6.07 Å². The first-order chi connectivity index (χ1) is 23.9. The van der Waals surface area contributed by atoms with Gasteiger partial charge in [-0.25, -0.2) is 14.6 Å². The summed E-state index contributed by atoms with van der Waals surface area (Å²) in [4.78, 5) is 50.6. The maximum Gasteiger partial charge on any atom is 0.482 e. The van der Waals surface area contributed by atoms with Crippen molar-refractivity contribution in [3.63, 3.8) is 0 Å². The molecule has 0 radical (unpaired) electrons. The number of nitrogens with two attached hydrogens (primary N) is 1. The molecule has 1 amide bonds. The van der Waals surface area contributed by atoms with Crippen molar-refractivity contribution in [2.45, 2.75) is 130 Å². The molecule has 1 aromatic carbocycles. The number of aromatic nitrogens is 1. The summed E-state index contributed by atoms with van der Waals surface area (Å²) in [6, 6.07) is 5.19. The average molecular weight is 741 g/mol. The minimum Gasteiger partial charge on any atom is -0.496 e. The predicted octanol–water partition coefficient (Wildman–Crippen LogP) is 5.53. The van der Waals surface area contributed by atoms with Gasteiger partial charge in [0.25, 0.3) is 5.91 Å². The van der Waals surface area contributed by atoms with E-state index < -0.39 is 53.3 Å². The van der Waals surface area contributed by atoms with E-state index in [2.05, 4.69) is 36.2 Å². The lowest BCUT2D eigenvalue weighted by Gasteiger charge is -2.64. The van der Waals surface area contributed by atoms with Crippen molar-refractivity contribution < 1.29 is 42.7 Å². The number of rotatable bonds is 11. The molecule has 3 saturated carbocycles. The van der Waals surface area contributed by atoms with Gasteiger partial charge in [-0.05, 0) is 110 Å². The second kappa shape index (κ2) is 13.9. The van der Waals surface area contributed by atoms with E-state index in [0.29, 0.717) is 17.2 Å². The zero-order valence-corrected chi connectivity index (χ0v) is 33.2. The van der Waals surface area contributed by atoms with E-state index in [-0.39, 0.29) is 46.0 Å². The Kier molecular flexibility index (Phi) is 10.6. The number of methoxy groups -OCH3 is 1. The average Bonchev–Trinajstić information content (AvgIpc) is 3.61. The monoisotopic (exact) mass is 740 g/mol. The summed E-state index contributed by atoms with van der Waals surface area (Å²) in [6.45, 7) is 20.3. The summed E-state index contributed by atoms with van der Waals surface area (Å²) in [6.07, 6.45) is 1.86. The lowest BCUT2D eigenvalue weighted by molar-refractivity contribution is -0.199. The Morgan fingerprint density at radius 2 is 1.75 bits per heavy atom. The molecular weight excluding hydrogens is 687 g/mol. The molecule has 1 aliphatic heterocycles. The van der Waals surface area contributed by atoms with Gasteiger partial charge in [-0.3, -0.25) is 4.79 Å². The summed E-state index contributed by atoms with van der Waals surface area (Å²) in [5.41, 5.74) is 3.23. The van der Waals surface area contributed by atoms with Crippen LogP contribution in [0.1, 0.15) is 111 Å². The first-order valence-corrected chi connectivity index (χ1v) is 18.6. The van der Waals surface area contributed by atoms with Crippen molar-refractivity contribution in [1.82, 2.24) is 10.3 Å². The van der Waals surface area contributed by atoms with Gasteiger partial charge in [0.1, 0.15) is 28.2 Å². The lowest BCUT2D eigenvalue weighted by Crippen LogP contribution is -2.65. The summed E-state index contributed by atoms with van der Waals surface area (Å²) >= 11 is 1.12. The number of nitrogen functional groups attached to an aromatic ring is 1. The van der Waals surface area contributed by atoms with Gasteiger partial charge in [0, 0.05) is 5.38 Å². The second-order valence-electron chi connectivity index (χ2n) is 17.2. The summed E-state index contributed by atoms with van der Waals surface area (Å²) in [5.74, 6) is -1.59. The quantitative estimate of drug-likeness (QED) is 0.129. The molecule has 284 valence electrons. The molecule has 15 heteroatoms. The Morgan fingerprint density at radius 1 is 1.08 bits per heavy atom. The van der Waals surface area contributed by atoms with E-state index >= 15 is 0 Å². The number of ether oxygens (including phenoxy) is 3. The topological polar surface area (TPSA) is 170 Å². The van der Waals surface area contributed by atoms with Gasteiger partial charge < -0.3 is 39.4 Å². The molecule has 13 nitrogen and oxygen atoms in total. The number of nitrogens with one attached hydrogen (secondary N) is 1. The zero-order chi connectivity index (χ0) is 38.6. The molecule has 5 atom stereocenters. The lowest BCUT2D eigenvalue weighted by atomic mass is 9.43. The molecule has 52 heavy (non-hydrogen) atoms. The summed E-state index contributed by atoms with van der Waals surface area (Å²) in [7, 11) is 0.611. The van der Waals surface area contributed by atoms with Crippen molar-refractivity contribution in [2.24, 2.45) is 22.4 Å². The molecule has 2 bridgehead atoms. The molecule has 6 rings (SSSR count). The zero-order valence-electron chi connectivity index (χ0n) is 32.4. The summed E-state index contributed by atoms with van der Waals surface area (Å²) < 4.78 is 30.5. The number of thiazole rings is 1. The minimum absolute atomic E-state index is 0.0931.